The van der Waals surface area contributed by atoms with Crippen LogP contribution in [0.2, 0.25) is 0 Å². The SMILES string of the molecule is CN[C@H](C(=O)N[C@H](C(=O)N(C)[C@H](C=C(C)C(=O)NS(=O)(=O)CCc1ccc([N+](=O)[O-])cc1)C(C)C)C(C)(C)C)C(C)(C)c1ccccc1. The Balaban J connectivity index is 2.23. The van der Waals surface area contributed by atoms with Crippen molar-refractivity contribution in [2.75, 3.05) is 19.8 Å². The van der Waals surface area contributed by atoms with Crippen molar-refractivity contribution < 1.29 is 27.7 Å². The molecule has 48 heavy (non-hydrogen) atoms. The lowest BCUT2D eigenvalue weighted by molar-refractivity contribution is -0.384. The van der Waals surface area contributed by atoms with E-state index < -0.39 is 55.6 Å². The summed E-state index contributed by atoms with van der Waals surface area (Å²) in [7, 11) is -0.733. The highest BCUT2D eigenvalue weighted by Crippen LogP contribution is 2.29. The van der Waals surface area contributed by atoms with Gasteiger partial charge < -0.3 is 15.5 Å². The number of benzene rings is 2. The molecule has 0 aromatic heterocycles. The summed E-state index contributed by atoms with van der Waals surface area (Å²) >= 11 is 0. The van der Waals surface area contributed by atoms with Crippen LogP contribution in [-0.2, 0) is 36.2 Å². The van der Waals surface area contributed by atoms with Crippen molar-refractivity contribution in [3.63, 3.8) is 0 Å². The molecule has 264 valence electrons. The van der Waals surface area contributed by atoms with E-state index in [4.69, 9.17) is 0 Å². The molecule has 0 radical (unpaired) electrons. The molecule has 0 aliphatic heterocycles. The number of rotatable bonds is 15. The molecule has 3 amide bonds. The smallest absolute Gasteiger partial charge is 0.269 e. The number of nitrogens with one attached hydrogen (secondary N) is 3. The van der Waals surface area contributed by atoms with Crippen molar-refractivity contribution in [3.05, 3.63) is 87.5 Å². The fraction of sp³-hybridized carbons (Fsp3) is 0.514. The molecule has 0 saturated carbocycles. The van der Waals surface area contributed by atoms with Crippen LogP contribution in [0.1, 0.15) is 66.5 Å². The van der Waals surface area contributed by atoms with Gasteiger partial charge in [0.15, 0.2) is 0 Å². The van der Waals surface area contributed by atoms with Crippen LogP contribution < -0.4 is 15.4 Å². The summed E-state index contributed by atoms with van der Waals surface area (Å²) in [5, 5.41) is 17.0. The second-order valence-electron chi connectivity index (χ2n) is 14.1. The third-order valence-corrected chi connectivity index (χ3v) is 9.74. The zero-order chi connectivity index (χ0) is 36.6. The zero-order valence-corrected chi connectivity index (χ0v) is 30.5. The Bertz CT molecular complexity index is 1580. The molecule has 0 unspecified atom stereocenters. The fourth-order valence-electron chi connectivity index (χ4n) is 5.47. The number of sulfonamides is 1. The number of aryl methyl sites for hydroxylation is 1. The minimum atomic E-state index is -4.04. The van der Waals surface area contributed by atoms with E-state index >= 15 is 0 Å². The maximum Gasteiger partial charge on any atom is 0.269 e. The lowest BCUT2D eigenvalue weighted by Gasteiger charge is -2.40. The molecule has 0 heterocycles. The number of hydrogen-bond donors (Lipinski definition) is 3. The summed E-state index contributed by atoms with van der Waals surface area (Å²) in [6, 6.07) is 13.0. The third-order valence-electron chi connectivity index (χ3n) is 8.50. The Hall–Kier alpha value is -4.10. The summed E-state index contributed by atoms with van der Waals surface area (Å²) < 4.78 is 27.5. The summed E-state index contributed by atoms with van der Waals surface area (Å²) in [6.07, 6.45) is 1.60. The van der Waals surface area contributed by atoms with Gasteiger partial charge in [0, 0.05) is 30.2 Å². The second-order valence-corrected chi connectivity index (χ2v) is 15.9. The van der Waals surface area contributed by atoms with Crippen LogP contribution >= 0.6 is 0 Å². The van der Waals surface area contributed by atoms with Gasteiger partial charge in [-0.25, -0.2) is 13.1 Å². The predicted molar refractivity (Wildman–Crippen MR) is 188 cm³/mol. The Morgan fingerprint density at radius 2 is 1.52 bits per heavy atom. The topological polar surface area (TPSA) is 168 Å². The summed E-state index contributed by atoms with van der Waals surface area (Å²) in [4.78, 5) is 52.7. The second kappa shape index (κ2) is 16.3. The molecule has 0 saturated heterocycles. The molecule has 12 nitrogen and oxygen atoms in total. The number of carbonyl (C=O) groups excluding carboxylic acids is 3. The van der Waals surface area contributed by atoms with Crippen LogP contribution in [0.3, 0.4) is 0 Å². The van der Waals surface area contributed by atoms with Gasteiger partial charge in [0.1, 0.15) is 6.04 Å². The molecule has 0 fully saturated rings. The van der Waals surface area contributed by atoms with Gasteiger partial charge in [-0.3, -0.25) is 24.5 Å². The Labute approximate surface area is 285 Å². The van der Waals surface area contributed by atoms with E-state index in [1.807, 2.05) is 78.8 Å². The molecular weight excluding hydrogens is 634 g/mol. The molecule has 0 bridgehead atoms. The Morgan fingerprint density at radius 3 is 2.00 bits per heavy atom. The molecule has 0 aliphatic rings. The van der Waals surface area contributed by atoms with Crippen LogP contribution in [0.4, 0.5) is 5.69 Å². The van der Waals surface area contributed by atoms with Crippen LogP contribution in [0.25, 0.3) is 0 Å². The molecular formula is C35H51N5O7S. The number of non-ortho nitro benzene ring substituents is 1. The predicted octanol–water partition coefficient (Wildman–Crippen LogP) is 4.11. The number of amides is 3. The summed E-state index contributed by atoms with van der Waals surface area (Å²) in [5.41, 5.74) is 0.241. The first kappa shape index (κ1) is 40.1. The van der Waals surface area contributed by atoms with E-state index in [0.29, 0.717) is 5.56 Å². The summed E-state index contributed by atoms with van der Waals surface area (Å²) in [6.45, 7) is 14.7. The van der Waals surface area contributed by atoms with Gasteiger partial charge in [-0.2, -0.15) is 0 Å². The van der Waals surface area contributed by atoms with E-state index in [1.54, 1.807) is 20.2 Å². The number of carbonyl (C=O) groups is 3. The van der Waals surface area contributed by atoms with Gasteiger partial charge in [0.2, 0.25) is 21.8 Å². The highest BCUT2D eigenvalue weighted by Gasteiger charge is 2.41. The molecule has 2 aromatic carbocycles. The molecule has 0 spiro atoms. The molecule has 2 rings (SSSR count). The first-order chi connectivity index (χ1) is 22.1. The van der Waals surface area contributed by atoms with Gasteiger partial charge in [-0.05, 0) is 42.9 Å². The van der Waals surface area contributed by atoms with E-state index in [2.05, 4.69) is 15.4 Å². The summed E-state index contributed by atoms with van der Waals surface area (Å²) in [5.74, 6) is -2.09. The highest BCUT2D eigenvalue weighted by atomic mass is 32.2. The Kier molecular flexibility index (Phi) is 13.6. The molecule has 0 aliphatic carbocycles. The quantitative estimate of drug-likeness (QED) is 0.143. The molecule has 3 N–H and O–H groups in total. The fourth-order valence-corrected chi connectivity index (χ4v) is 6.52. The monoisotopic (exact) mass is 685 g/mol. The first-order valence-electron chi connectivity index (χ1n) is 15.9. The van der Waals surface area contributed by atoms with Crippen LogP contribution in [0.15, 0.2) is 66.2 Å². The highest BCUT2D eigenvalue weighted by molar-refractivity contribution is 7.90. The van der Waals surface area contributed by atoms with Crippen molar-refractivity contribution in [3.8, 4) is 0 Å². The number of nitro groups is 1. The van der Waals surface area contributed by atoms with Gasteiger partial charge in [0.05, 0.1) is 22.8 Å². The Morgan fingerprint density at radius 1 is 0.958 bits per heavy atom. The molecule has 3 atom stereocenters. The number of hydrogen-bond acceptors (Lipinski definition) is 8. The van der Waals surface area contributed by atoms with Gasteiger partial charge in [0.25, 0.3) is 11.6 Å². The maximum atomic E-state index is 14.1. The van der Waals surface area contributed by atoms with Crippen molar-refractivity contribution in [2.45, 2.75) is 85.4 Å². The van der Waals surface area contributed by atoms with Crippen molar-refractivity contribution >= 4 is 33.4 Å². The van der Waals surface area contributed by atoms with Crippen LogP contribution in [0, 0.1) is 21.4 Å². The van der Waals surface area contributed by atoms with Crippen LogP contribution in [0.5, 0.6) is 0 Å². The average molecular weight is 686 g/mol. The lowest BCUT2D eigenvalue weighted by atomic mass is 9.76. The standard InChI is InChI=1S/C35H51N5O7S/c1-23(2)28(22-24(3)31(41)38-48(46,47)21-20-25-16-18-27(19-17-25)40(44)45)39(10)33(43)30(34(4,5)6)37-32(42)29(36-9)35(7,8)26-14-12-11-13-15-26/h11-19,22-23,28-30,36H,20-21H2,1-10H3,(H,37,42)(H,38,41)/t28-,29-,30-/m1/s1. The van der Waals surface area contributed by atoms with Gasteiger partial charge in [-0.15, -0.1) is 0 Å². The minimum absolute atomic E-state index is 0.0477. The minimum Gasteiger partial charge on any atom is -0.342 e. The van der Waals surface area contributed by atoms with E-state index in [-0.39, 0.29) is 35.4 Å². The lowest BCUT2D eigenvalue weighted by Crippen LogP contribution is -2.61. The average Bonchev–Trinajstić information content (AvgIpc) is 3.00. The third kappa shape index (κ3) is 10.7. The van der Waals surface area contributed by atoms with E-state index in [0.717, 1.165) is 5.56 Å². The van der Waals surface area contributed by atoms with Crippen LogP contribution in [-0.4, -0.2) is 73.9 Å². The normalized spacial score (nSPS) is 14.5. The van der Waals surface area contributed by atoms with Crippen molar-refractivity contribution in [1.82, 2.24) is 20.3 Å². The van der Waals surface area contributed by atoms with Crippen molar-refractivity contribution in [2.24, 2.45) is 11.3 Å². The largest absolute Gasteiger partial charge is 0.342 e. The molecule has 2 aromatic rings. The number of likely N-dealkylation sites (N-methyl/N-ethyl adjacent to an activating group) is 2. The zero-order valence-electron chi connectivity index (χ0n) is 29.7. The van der Waals surface area contributed by atoms with Gasteiger partial charge in [-0.1, -0.05) is 97.0 Å². The molecule has 13 heteroatoms. The maximum absolute atomic E-state index is 14.1. The van der Waals surface area contributed by atoms with Gasteiger partial charge >= 0.3 is 0 Å². The number of nitro benzene ring substituents is 1. The first-order valence-corrected chi connectivity index (χ1v) is 17.5. The van der Waals surface area contributed by atoms with Crippen molar-refractivity contribution in [1.29, 1.82) is 0 Å². The van der Waals surface area contributed by atoms with E-state index in [1.165, 1.54) is 36.1 Å². The van der Waals surface area contributed by atoms with E-state index in [9.17, 15) is 32.9 Å². The number of nitrogens with zero attached hydrogens (tertiary/aromatic N) is 2.